The van der Waals surface area contributed by atoms with Crippen LogP contribution in [0.25, 0.3) is 0 Å². The van der Waals surface area contributed by atoms with Gasteiger partial charge in [0.1, 0.15) is 12.4 Å². The highest BCUT2D eigenvalue weighted by molar-refractivity contribution is 5.79. The first kappa shape index (κ1) is 17.3. The summed E-state index contributed by atoms with van der Waals surface area (Å²) in [4.78, 5) is 16.7. The number of para-hydroxylation sites is 1. The van der Waals surface area contributed by atoms with Crippen LogP contribution in [0.3, 0.4) is 0 Å². The molecule has 0 aliphatic carbocycles. The predicted molar refractivity (Wildman–Crippen MR) is 99.5 cm³/mol. The summed E-state index contributed by atoms with van der Waals surface area (Å²) in [5.41, 5.74) is 7.42. The van der Waals surface area contributed by atoms with Gasteiger partial charge in [0, 0.05) is 38.4 Å². The van der Waals surface area contributed by atoms with Gasteiger partial charge >= 0.3 is 0 Å². The van der Waals surface area contributed by atoms with Crippen molar-refractivity contribution in [1.29, 1.82) is 0 Å². The third kappa shape index (κ3) is 5.22. The molecule has 5 heteroatoms. The number of carbonyl (C=O) groups excluding carboxylic acids is 1. The van der Waals surface area contributed by atoms with E-state index in [1.54, 1.807) is 0 Å². The molecule has 1 saturated heterocycles. The van der Waals surface area contributed by atoms with Crippen LogP contribution in [0.2, 0.25) is 0 Å². The second kappa shape index (κ2) is 8.53. The highest BCUT2D eigenvalue weighted by Crippen LogP contribution is 2.11. The summed E-state index contributed by atoms with van der Waals surface area (Å²) in [6, 6.07) is 17.4. The fourth-order valence-electron chi connectivity index (χ4n) is 2.95. The van der Waals surface area contributed by atoms with Crippen LogP contribution >= 0.6 is 0 Å². The highest BCUT2D eigenvalue weighted by atomic mass is 16.5. The summed E-state index contributed by atoms with van der Waals surface area (Å²) >= 11 is 0. The van der Waals surface area contributed by atoms with Crippen molar-refractivity contribution in [1.82, 2.24) is 9.80 Å². The number of nitrogen functional groups attached to an aromatic ring is 1. The van der Waals surface area contributed by atoms with Crippen LogP contribution in [0, 0.1) is 0 Å². The Morgan fingerprint density at radius 1 is 0.960 bits per heavy atom. The minimum Gasteiger partial charge on any atom is -0.492 e. The molecule has 0 spiro atoms. The normalized spacial score (nSPS) is 15.1. The molecule has 2 N–H and O–H groups in total. The van der Waals surface area contributed by atoms with Gasteiger partial charge < -0.3 is 15.4 Å². The maximum absolute atomic E-state index is 12.4. The Morgan fingerprint density at radius 2 is 1.64 bits per heavy atom. The molecule has 1 aliphatic heterocycles. The molecular weight excluding hydrogens is 314 g/mol. The van der Waals surface area contributed by atoms with Crippen LogP contribution in [0.1, 0.15) is 5.56 Å². The van der Waals surface area contributed by atoms with Crippen molar-refractivity contribution < 1.29 is 9.53 Å². The predicted octanol–water partition coefficient (Wildman–Crippen LogP) is 2.03. The van der Waals surface area contributed by atoms with E-state index in [-0.39, 0.29) is 5.91 Å². The number of nitrogens with two attached hydrogens (primary N) is 1. The van der Waals surface area contributed by atoms with Gasteiger partial charge in [-0.2, -0.15) is 0 Å². The second-order valence-electron chi connectivity index (χ2n) is 6.30. The number of benzene rings is 2. The number of hydrogen-bond acceptors (Lipinski definition) is 4. The average Bonchev–Trinajstić information content (AvgIpc) is 2.65. The third-order valence-electron chi connectivity index (χ3n) is 4.48. The molecule has 2 aromatic rings. The van der Waals surface area contributed by atoms with Crippen LogP contribution in [-0.4, -0.2) is 55.0 Å². The van der Waals surface area contributed by atoms with Crippen molar-refractivity contribution in [3.05, 3.63) is 60.2 Å². The van der Waals surface area contributed by atoms with E-state index in [0.29, 0.717) is 13.0 Å². The van der Waals surface area contributed by atoms with Gasteiger partial charge in [0.15, 0.2) is 0 Å². The summed E-state index contributed by atoms with van der Waals surface area (Å²) in [6.07, 6.45) is 0.442. The molecule has 0 radical (unpaired) electrons. The van der Waals surface area contributed by atoms with E-state index in [1.165, 1.54) is 0 Å². The smallest absolute Gasteiger partial charge is 0.227 e. The molecule has 0 unspecified atom stereocenters. The Morgan fingerprint density at radius 3 is 2.32 bits per heavy atom. The lowest BCUT2D eigenvalue weighted by atomic mass is 10.1. The SMILES string of the molecule is Nc1ccc(CC(=O)N2CCN(CCOc3ccccc3)CC2)cc1. The van der Waals surface area contributed by atoms with Crippen LogP contribution in [0.5, 0.6) is 5.75 Å². The summed E-state index contributed by atoms with van der Waals surface area (Å²) in [5, 5.41) is 0. The fraction of sp³-hybridized carbons (Fsp3) is 0.350. The molecule has 1 aliphatic rings. The Balaban J connectivity index is 1.37. The molecular formula is C20H25N3O2. The van der Waals surface area contributed by atoms with E-state index in [9.17, 15) is 4.79 Å². The molecule has 0 atom stereocenters. The van der Waals surface area contributed by atoms with Gasteiger partial charge in [-0.15, -0.1) is 0 Å². The molecule has 1 amide bonds. The Labute approximate surface area is 149 Å². The number of carbonyl (C=O) groups is 1. The van der Waals surface area contributed by atoms with E-state index < -0.39 is 0 Å². The summed E-state index contributed by atoms with van der Waals surface area (Å²) in [6.45, 7) is 4.90. The lowest BCUT2D eigenvalue weighted by Gasteiger charge is -2.34. The van der Waals surface area contributed by atoms with E-state index >= 15 is 0 Å². The van der Waals surface area contributed by atoms with Gasteiger partial charge in [0.25, 0.3) is 0 Å². The number of anilines is 1. The number of ether oxygens (including phenoxy) is 1. The zero-order valence-corrected chi connectivity index (χ0v) is 14.4. The minimum atomic E-state index is 0.185. The number of piperazine rings is 1. The van der Waals surface area contributed by atoms with Gasteiger partial charge in [-0.05, 0) is 29.8 Å². The van der Waals surface area contributed by atoms with Crippen LogP contribution in [-0.2, 0) is 11.2 Å². The highest BCUT2D eigenvalue weighted by Gasteiger charge is 2.20. The standard InChI is InChI=1S/C20H25N3O2/c21-18-8-6-17(7-9-18)16-20(24)23-12-10-22(11-13-23)14-15-25-19-4-2-1-3-5-19/h1-9H,10-16,21H2. The van der Waals surface area contributed by atoms with Gasteiger partial charge in [-0.25, -0.2) is 0 Å². The lowest BCUT2D eigenvalue weighted by Crippen LogP contribution is -2.49. The van der Waals surface area contributed by atoms with Crippen LogP contribution in [0.4, 0.5) is 5.69 Å². The summed E-state index contributed by atoms with van der Waals surface area (Å²) < 4.78 is 5.74. The topological polar surface area (TPSA) is 58.8 Å². The molecule has 2 aromatic carbocycles. The fourth-order valence-corrected chi connectivity index (χ4v) is 2.95. The van der Waals surface area contributed by atoms with Crippen molar-refractivity contribution in [2.45, 2.75) is 6.42 Å². The minimum absolute atomic E-state index is 0.185. The summed E-state index contributed by atoms with van der Waals surface area (Å²) in [7, 11) is 0. The zero-order chi connectivity index (χ0) is 17.5. The average molecular weight is 339 g/mol. The van der Waals surface area contributed by atoms with E-state index in [1.807, 2.05) is 59.5 Å². The van der Waals surface area contributed by atoms with Crippen molar-refractivity contribution in [3.8, 4) is 5.75 Å². The maximum atomic E-state index is 12.4. The maximum Gasteiger partial charge on any atom is 0.227 e. The molecule has 1 fully saturated rings. The number of hydrogen-bond donors (Lipinski definition) is 1. The second-order valence-corrected chi connectivity index (χ2v) is 6.30. The Bertz CT molecular complexity index is 665. The van der Waals surface area contributed by atoms with Crippen LogP contribution < -0.4 is 10.5 Å². The largest absolute Gasteiger partial charge is 0.492 e. The van der Waals surface area contributed by atoms with Gasteiger partial charge in [-0.1, -0.05) is 30.3 Å². The zero-order valence-electron chi connectivity index (χ0n) is 14.4. The molecule has 3 rings (SSSR count). The quantitative estimate of drug-likeness (QED) is 0.818. The number of nitrogens with zero attached hydrogens (tertiary/aromatic N) is 2. The van der Waals surface area contributed by atoms with E-state index in [4.69, 9.17) is 10.5 Å². The molecule has 0 aromatic heterocycles. The first-order valence-electron chi connectivity index (χ1n) is 8.73. The number of amides is 1. The first-order valence-corrected chi connectivity index (χ1v) is 8.73. The van der Waals surface area contributed by atoms with Gasteiger partial charge in [0.2, 0.25) is 5.91 Å². The first-order chi connectivity index (χ1) is 12.2. The Kier molecular flexibility index (Phi) is 5.90. The molecule has 132 valence electrons. The molecule has 0 saturated carbocycles. The summed E-state index contributed by atoms with van der Waals surface area (Å²) in [5.74, 6) is 1.09. The van der Waals surface area contributed by atoms with Crippen molar-refractivity contribution in [2.24, 2.45) is 0 Å². The third-order valence-corrected chi connectivity index (χ3v) is 4.48. The Hall–Kier alpha value is -2.53. The number of rotatable bonds is 6. The van der Waals surface area contributed by atoms with Crippen molar-refractivity contribution >= 4 is 11.6 Å². The van der Waals surface area contributed by atoms with Gasteiger partial charge in [-0.3, -0.25) is 9.69 Å². The van der Waals surface area contributed by atoms with Gasteiger partial charge in [0.05, 0.1) is 6.42 Å². The lowest BCUT2D eigenvalue weighted by molar-refractivity contribution is -0.132. The van der Waals surface area contributed by atoms with Crippen LogP contribution in [0.15, 0.2) is 54.6 Å². The molecule has 1 heterocycles. The molecule has 5 nitrogen and oxygen atoms in total. The van der Waals surface area contributed by atoms with Crippen molar-refractivity contribution in [3.63, 3.8) is 0 Å². The molecule has 0 bridgehead atoms. The van der Waals surface area contributed by atoms with E-state index in [0.717, 1.165) is 49.7 Å². The monoisotopic (exact) mass is 339 g/mol. The van der Waals surface area contributed by atoms with Crippen molar-refractivity contribution in [2.75, 3.05) is 45.1 Å². The molecule has 25 heavy (non-hydrogen) atoms. The van der Waals surface area contributed by atoms with E-state index in [2.05, 4.69) is 4.90 Å².